The van der Waals surface area contributed by atoms with Crippen LogP contribution in [0.1, 0.15) is 11.4 Å². The molecule has 0 radical (unpaired) electrons. The minimum absolute atomic E-state index is 0.258. The van der Waals surface area contributed by atoms with E-state index in [-0.39, 0.29) is 5.82 Å². The Hall–Kier alpha value is -2.17. The van der Waals surface area contributed by atoms with Crippen molar-refractivity contribution in [2.75, 3.05) is 11.1 Å². The van der Waals surface area contributed by atoms with Gasteiger partial charge in [-0.25, -0.2) is 14.4 Å². The van der Waals surface area contributed by atoms with Crippen molar-refractivity contribution in [2.45, 2.75) is 13.8 Å². The highest BCUT2D eigenvalue weighted by Gasteiger charge is 2.03. The molecule has 2 aromatic rings. The lowest BCUT2D eigenvalue weighted by Gasteiger charge is -2.09. The van der Waals surface area contributed by atoms with E-state index < -0.39 is 0 Å². The maximum absolute atomic E-state index is 12.9. The second-order valence-corrected chi connectivity index (χ2v) is 3.81. The van der Waals surface area contributed by atoms with E-state index in [2.05, 4.69) is 15.3 Å². The fourth-order valence-corrected chi connectivity index (χ4v) is 1.56. The lowest BCUT2D eigenvalue weighted by atomic mass is 10.2. The Balaban J connectivity index is 2.31. The van der Waals surface area contributed by atoms with Crippen molar-refractivity contribution in [1.82, 2.24) is 9.97 Å². The van der Waals surface area contributed by atoms with Crippen LogP contribution in [0.15, 0.2) is 24.3 Å². The summed E-state index contributed by atoms with van der Waals surface area (Å²) in [6.07, 6.45) is 0. The number of hydrogen-bond donors (Lipinski definition) is 2. The lowest BCUT2D eigenvalue weighted by molar-refractivity contribution is 0.627. The molecule has 0 aliphatic rings. The molecule has 0 saturated carbocycles. The summed E-state index contributed by atoms with van der Waals surface area (Å²) in [5.74, 6) is 1.34. The molecule has 0 amide bonds. The Morgan fingerprint density at radius 1 is 1.18 bits per heavy atom. The molecule has 1 aromatic heterocycles. The highest BCUT2D eigenvalue weighted by atomic mass is 19.1. The number of aromatic nitrogens is 2. The second kappa shape index (κ2) is 4.37. The molecule has 0 aliphatic heterocycles. The monoisotopic (exact) mass is 232 g/mol. The maximum atomic E-state index is 12.9. The van der Waals surface area contributed by atoms with Gasteiger partial charge in [0, 0.05) is 11.8 Å². The first-order valence-electron chi connectivity index (χ1n) is 5.19. The van der Waals surface area contributed by atoms with E-state index in [0.29, 0.717) is 17.5 Å². The van der Waals surface area contributed by atoms with Crippen LogP contribution in [0.3, 0.4) is 0 Å². The summed E-state index contributed by atoms with van der Waals surface area (Å²) in [5.41, 5.74) is 7.22. The Labute approximate surface area is 98.7 Å². The van der Waals surface area contributed by atoms with Gasteiger partial charge in [0.15, 0.2) is 0 Å². The molecule has 4 nitrogen and oxygen atoms in total. The average Bonchev–Trinajstić information content (AvgIpc) is 2.21. The number of halogens is 1. The molecule has 88 valence electrons. The quantitative estimate of drug-likeness (QED) is 0.835. The number of rotatable bonds is 2. The number of nitrogens with one attached hydrogen (secondary N) is 1. The van der Waals surface area contributed by atoms with Gasteiger partial charge in [-0.1, -0.05) is 0 Å². The normalized spacial score (nSPS) is 10.3. The lowest BCUT2D eigenvalue weighted by Crippen LogP contribution is -2.01. The summed E-state index contributed by atoms with van der Waals surface area (Å²) >= 11 is 0. The molecular formula is C12H13FN4. The van der Waals surface area contributed by atoms with E-state index in [4.69, 9.17) is 5.73 Å². The van der Waals surface area contributed by atoms with Crippen molar-refractivity contribution in [3.8, 4) is 0 Å². The molecule has 0 fully saturated rings. The highest BCUT2D eigenvalue weighted by molar-refractivity contribution is 5.61. The van der Waals surface area contributed by atoms with E-state index in [1.807, 2.05) is 6.92 Å². The number of benzene rings is 1. The standard InChI is InChI=1S/C12H13FN4/c1-7-5-9(13)3-4-10(7)17-12-6-11(14)15-8(2)16-12/h3-6H,1-2H3,(H3,14,15,16,17). The smallest absolute Gasteiger partial charge is 0.136 e. The third kappa shape index (κ3) is 2.69. The Bertz CT molecular complexity index is 534. The van der Waals surface area contributed by atoms with Gasteiger partial charge in [0.05, 0.1) is 0 Å². The minimum Gasteiger partial charge on any atom is -0.384 e. The zero-order valence-electron chi connectivity index (χ0n) is 9.66. The van der Waals surface area contributed by atoms with E-state index >= 15 is 0 Å². The third-order valence-corrected chi connectivity index (χ3v) is 2.31. The summed E-state index contributed by atoms with van der Waals surface area (Å²) in [7, 11) is 0. The van der Waals surface area contributed by atoms with Crippen LogP contribution in [0.2, 0.25) is 0 Å². The Morgan fingerprint density at radius 3 is 2.59 bits per heavy atom. The van der Waals surface area contributed by atoms with Crippen LogP contribution in [-0.2, 0) is 0 Å². The Morgan fingerprint density at radius 2 is 1.94 bits per heavy atom. The van der Waals surface area contributed by atoms with Crippen molar-refractivity contribution in [3.05, 3.63) is 41.5 Å². The number of anilines is 3. The van der Waals surface area contributed by atoms with E-state index in [0.717, 1.165) is 11.3 Å². The van der Waals surface area contributed by atoms with Gasteiger partial charge in [0.2, 0.25) is 0 Å². The van der Waals surface area contributed by atoms with Crippen molar-refractivity contribution in [2.24, 2.45) is 0 Å². The van der Waals surface area contributed by atoms with Crippen molar-refractivity contribution in [1.29, 1.82) is 0 Å². The topological polar surface area (TPSA) is 63.8 Å². The molecule has 0 spiro atoms. The van der Waals surface area contributed by atoms with Crippen LogP contribution in [0.5, 0.6) is 0 Å². The van der Waals surface area contributed by atoms with Gasteiger partial charge in [-0.3, -0.25) is 0 Å². The molecule has 3 N–H and O–H groups in total. The molecule has 17 heavy (non-hydrogen) atoms. The fraction of sp³-hybridized carbons (Fsp3) is 0.167. The predicted molar refractivity (Wildman–Crippen MR) is 65.6 cm³/mol. The van der Waals surface area contributed by atoms with Crippen LogP contribution in [-0.4, -0.2) is 9.97 Å². The summed E-state index contributed by atoms with van der Waals surface area (Å²) < 4.78 is 12.9. The SMILES string of the molecule is Cc1nc(N)cc(Nc2ccc(F)cc2C)n1. The van der Waals surface area contributed by atoms with Gasteiger partial charge in [0.1, 0.15) is 23.3 Å². The summed E-state index contributed by atoms with van der Waals surface area (Å²) in [5, 5.41) is 3.08. The molecular weight excluding hydrogens is 219 g/mol. The highest BCUT2D eigenvalue weighted by Crippen LogP contribution is 2.20. The second-order valence-electron chi connectivity index (χ2n) is 3.81. The van der Waals surface area contributed by atoms with Crippen molar-refractivity contribution in [3.63, 3.8) is 0 Å². The number of nitrogens with two attached hydrogens (primary N) is 1. The molecule has 1 aromatic carbocycles. The zero-order valence-corrected chi connectivity index (χ0v) is 9.66. The van der Waals surface area contributed by atoms with Crippen LogP contribution in [0.4, 0.5) is 21.7 Å². The number of nitrogen functional groups attached to an aromatic ring is 1. The Kier molecular flexibility index (Phi) is 2.91. The van der Waals surface area contributed by atoms with Gasteiger partial charge >= 0.3 is 0 Å². The number of hydrogen-bond acceptors (Lipinski definition) is 4. The molecule has 0 saturated heterocycles. The molecule has 0 bridgehead atoms. The number of nitrogens with zero attached hydrogens (tertiary/aromatic N) is 2. The van der Waals surface area contributed by atoms with Crippen molar-refractivity contribution < 1.29 is 4.39 Å². The molecule has 2 rings (SSSR count). The van der Waals surface area contributed by atoms with Gasteiger partial charge in [0.25, 0.3) is 0 Å². The third-order valence-electron chi connectivity index (χ3n) is 2.31. The first-order chi connectivity index (χ1) is 8.04. The van der Waals surface area contributed by atoms with E-state index in [9.17, 15) is 4.39 Å². The zero-order chi connectivity index (χ0) is 12.4. The largest absolute Gasteiger partial charge is 0.384 e. The predicted octanol–water partition coefficient (Wildman–Crippen LogP) is 2.56. The van der Waals surface area contributed by atoms with Crippen LogP contribution < -0.4 is 11.1 Å². The first-order valence-corrected chi connectivity index (χ1v) is 5.19. The molecule has 0 aliphatic carbocycles. The van der Waals surface area contributed by atoms with Crippen LogP contribution in [0.25, 0.3) is 0 Å². The summed E-state index contributed by atoms with van der Waals surface area (Å²) in [6, 6.07) is 6.15. The number of aryl methyl sites for hydroxylation is 2. The maximum Gasteiger partial charge on any atom is 0.136 e. The van der Waals surface area contributed by atoms with Crippen LogP contribution in [0, 0.1) is 19.7 Å². The van der Waals surface area contributed by atoms with Gasteiger partial charge in [-0.2, -0.15) is 0 Å². The summed E-state index contributed by atoms with van der Waals surface area (Å²) in [6.45, 7) is 3.59. The van der Waals surface area contributed by atoms with Crippen LogP contribution >= 0.6 is 0 Å². The average molecular weight is 232 g/mol. The van der Waals surface area contributed by atoms with Gasteiger partial charge < -0.3 is 11.1 Å². The van der Waals surface area contributed by atoms with E-state index in [1.54, 1.807) is 19.1 Å². The molecule has 1 heterocycles. The minimum atomic E-state index is -0.258. The molecule has 0 atom stereocenters. The fourth-order valence-electron chi connectivity index (χ4n) is 1.56. The summed E-state index contributed by atoms with van der Waals surface area (Å²) in [4.78, 5) is 8.18. The first kappa shape index (κ1) is 11.3. The van der Waals surface area contributed by atoms with Crippen molar-refractivity contribution >= 4 is 17.3 Å². The van der Waals surface area contributed by atoms with E-state index in [1.165, 1.54) is 12.1 Å². The van der Waals surface area contributed by atoms with Gasteiger partial charge in [-0.05, 0) is 37.6 Å². The molecule has 5 heteroatoms. The molecule has 0 unspecified atom stereocenters. The van der Waals surface area contributed by atoms with Gasteiger partial charge in [-0.15, -0.1) is 0 Å².